The molecule has 2 aliphatic rings. The van der Waals surface area contributed by atoms with Gasteiger partial charge in [0.05, 0.1) is 17.8 Å². The fourth-order valence-electron chi connectivity index (χ4n) is 4.44. The summed E-state index contributed by atoms with van der Waals surface area (Å²) in [5.74, 6) is -0.511. The molecule has 7 nitrogen and oxygen atoms in total. The molecule has 0 spiro atoms. The first-order chi connectivity index (χ1) is 16.0. The normalized spacial score (nSPS) is 19.4. The van der Waals surface area contributed by atoms with Crippen molar-refractivity contribution >= 4 is 23.8 Å². The maximum atomic E-state index is 14.9. The van der Waals surface area contributed by atoms with Gasteiger partial charge in [0.2, 0.25) is 5.95 Å². The van der Waals surface area contributed by atoms with E-state index in [2.05, 4.69) is 25.6 Å². The number of aliphatic imine (C=N–C) groups is 1. The van der Waals surface area contributed by atoms with E-state index in [0.717, 1.165) is 22.4 Å². The predicted molar refractivity (Wildman–Crippen MR) is 126 cm³/mol. The molecule has 2 aliphatic heterocycles. The monoisotopic (exact) mass is 444 g/mol. The zero-order chi connectivity index (χ0) is 22.9. The standard InChI is InChI=1S/C25H25FN6O/c1-15-13-32(14-16(2)29-15)24(33)21-8-7-19(9-22(21)26)30-25-28-12-18-11-27-10-17-5-3-4-6-20(17)23(18)31-25/h3-10,12,15-16,29H,11,13-14H2,1-2H3,(H,28,30,31). The Morgan fingerprint density at radius 1 is 1.15 bits per heavy atom. The Hall–Kier alpha value is -3.65. The van der Waals surface area contributed by atoms with Crippen molar-refractivity contribution < 1.29 is 9.18 Å². The van der Waals surface area contributed by atoms with Crippen molar-refractivity contribution in [1.29, 1.82) is 0 Å². The molecule has 0 aliphatic carbocycles. The van der Waals surface area contributed by atoms with Crippen molar-refractivity contribution in [2.24, 2.45) is 4.99 Å². The van der Waals surface area contributed by atoms with Crippen LogP contribution in [0.1, 0.15) is 35.3 Å². The van der Waals surface area contributed by atoms with Gasteiger partial charge in [0, 0.05) is 60.0 Å². The molecule has 8 heteroatoms. The van der Waals surface area contributed by atoms with Crippen LogP contribution < -0.4 is 10.6 Å². The third-order valence-corrected chi connectivity index (χ3v) is 5.87. The summed E-state index contributed by atoms with van der Waals surface area (Å²) in [6.07, 6.45) is 3.58. The molecular weight excluding hydrogens is 419 g/mol. The summed E-state index contributed by atoms with van der Waals surface area (Å²) in [6, 6.07) is 12.8. The number of halogens is 1. The maximum Gasteiger partial charge on any atom is 0.256 e. The van der Waals surface area contributed by atoms with Gasteiger partial charge < -0.3 is 15.5 Å². The molecule has 1 fully saturated rings. The number of fused-ring (bicyclic) bond motifs is 3. The van der Waals surface area contributed by atoms with E-state index in [0.29, 0.717) is 31.3 Å². The Morgan fingerprint density at radius 2 is 1.94 bits per heavy atom. The second-order valence-corrected chi connectivity index (χ2v) is 8.62. The van der Waals surface area contributed by atoms with E-state index in [1.165, 1.54) is 12.1 Å². The molecule has 2 N–H and O–H groups in total. The number of rotatable bonds is 3. The highest BCUT2D eigenvalue weighted by atomic mass is 19.1. The van der Waals surface area contributed by atoms with E-state index in [1.807, 2.05) is 44.3 Å². The van der Waals surface area contributed by atoms with E-state index in [-0.39, 0.29) is 23.6 Å². The van der Waals surface area contributed by atoms with Crippen LogP contribution in [0.25, 0.3) is 11.3 Å². The average Bonchev–Trinajstić information content (AvgIpc) is 2.97. The van der Waals surface area contributed by atoms with E-state index in [1.54, 1.807) is 17.2 Å². The molecule has 33 heavy (non-hydrogen) atoms. The maximum absolute atomic E-state index is 14.9. The Balaban J connectivity index is 1.38. The molecule has 0 saturated carbocycles. The van der Waals surface area contributed by atoms with Crippen LogP contribution in [-0.4, -0.2) is 52.2 Å². The number of hydrogen-bond donors (Lipinski definition) is 2. The minimum Gasteiger partial charge on any atom is -0.335 e. The summed E-state index contributed by atoms with van der Waals surface area (Å²) in [5, 5.41) is 6.45. The molecule has 168 valence electrons. The van der Waals surface area contributed by atoms with E-state index in [4.69, 9.17) is 0 Å². The first-order valence-corrected chi connectivity index (χ1v) is 11.0. The van der Waals surface area contributed by atoms with Crippen molar-refractivity contribution in [2.45, 2.75) is 32.5 Å². The molecule has 1 aromatic heterocycles. The molecule has 0 radical (unpaired) electrons. The van der Waals surface area contributed by atoms with Gasteiger partial charge in [-0.2, -0.15) is 0 Å². The third-order valence-electron chi connectivity index (χ3n) is 5.87. The van der Waals surface area contributed by atoms with Crippen LogP contribution in [0, 0.1) is 5.82 Å². The van der Waals surface area contributed by atoms with Crippen LogP contribution in [0.2, 0.25) is 0 Å². The first kappa shape index (κ1) is 21.2. The highest BCUT2D eigenvalue weighted by molar-refractivity contribution is 5.95. The van der Waals surface area contributed by atoms with Crippen LogP contribution in [0.3, 0.4) is 0 Å². The molecule has 3 heterocycles. The molecule has 2 atom stereocenters. The number of piperazine rings is 1. The number of amides is 1. The fourth-order valence-corrected chi connectivity index (χ4v) is 4.44. The van der Waals surface area contributed by atoms with Crippen LogP contribution in [0.4, 0.5) is 16.0 Å². The number of carbonyl (C=O) groups excluding carboxylic acids is 1. The predicted octanol–water partition coefficient (Wildman–Crippen LogP) is 3.78. The SMILES string of the molecule is CC1CN(C(=O)c2ccc(Nc3ncc4c(n3)-c3ccccc3C=NC4)cc2F)CC(C)N1. The molecule has 5 rings (SSSR count). The molecular formula is C25H25FN6O. The lowest BCUT2D eigenvalue weighted by Gasteiger charge is -2.36. The molecule has 1 amide bonds. The van der Waals surface area contributed by atoms with Crippen molar-refractivity contribution in [3.05, 3.63) is 71.2 Å². The number of nitrogens with one attached hydrogen (secondary N) is 2. The van der Waals surface area contributed by atoms with Crippen LogP contribution in [-0.2, 0) is 6.54 Å². The number of hydrogen-bond acceptors (Lipinski definition) is 6. The largest absolute Gasteiger partial charge is 0.335 e. The third kappa shape index (κ3) is 4.34. The Kier molecular flexibility index (Phi) is 5.60. The zero-order valence-electron chi connectivity index (χ0n) is 18.5. The van der Waals surface area contributed by atoms with E-state index < -0.39 is 5.82 Å². The minimum absolute atomic E-state index is 0.0655. The lowest BCUT2D eigenvalue weighted by molar-refractivity contribution is 0.0669. The molecule has 1 saturated heterocycles. The van der Waals surface area contributed by atoms with E-state index >= 15 is 0 Å². The van der Waals surface area contributed by atoms with Crippen LogP contribution in [0.15, 0.2) is 53.7 Å². The zero-order valence-corrected chi connectivity index (χ0v) is 18.5. The highest BCUT2D eigenvalue weighted by Crippen LogP contribution is 2.29. The van der Waals surface area contributed by atoms with Crippen LogP contribution in [0.5, 0.6) is 0 Å². The second-order valence-electron chi connectivity index (χ2n) is 8.62. The minimum atomic E-state index is -0.572. The van der Waals surface area contributed by atoms with Gasteiger partial charge in [-0.1, -0.05) is 24.3 Å². The lowest BCUT2D eigenvalue weighted by Crippen LogP contribution is -2.55. The van der Waals surface area contributed by atoms with Gasteiger partial charge in [0.15, 0.2) is 0 Å². The summed E-state index contributed by atoms with van der Waals surface area (Å²) in [6.45, 7) is 5.64. The highest BCUT2D eigenvalue weighted by Gasteiger charge is 2.27. The molecule has 2 aromatic carbocycles. The Labute approximate surface area is 191 Å². The molecule has 0 bridgehead atoms. The first-order valence-electron chi connectivity index (χ1n) is 11.0. The Bertz CT molecular complexity index is 1230. The fraction of sp³-hybridized carbons (Fsp3) is 0.280. The second kappa shape index (κ2) is 8.71. The Morgan fingerprint density at radius 3 is 2.73 bits per heavy atom. The van der Waals surface area contributed by atoms with Crippen molar-refractivity contribution in [2.75, 3.05) is 18.4 Å². The molecule has 2 unspecified atom stereocenters. The van der Waals surface area contributed by atoms with Gasteiger partial charge in [-0.3, -0.25) is 9.79 Å². The average molecular weight is 445 g/mol. The van der Waals surface area contributed by atoms with Gasteiger partial charge >= 0.3 is 0 Å². The lowest BCUT2D eigenvalue weighted by atomic mass is 10.0. The molecule has 3 aromatic rings. The van der Waals surface area contributed by atoms with Crippen LogP contribution >= 0.6 is 0 Å². The summed E-state index contributed by atoms with van der Waals surface area (Å²) < 4.78 is 14.9. The number of anilines is 2. The van der Waals surface area contributed by atoms with Crippen molar-refractivity contribution in [3.8, 4) is 11.3 Å². The summed E-state index contributed by atoms with van der Waals surface area (Å²) >= 11 is 0. The number of aromatic nitrogens is 2. The van der Waals surface area contributed by atoms with Crippen molar-refractivity contribution in [3.63, 3.8) is 0 Å². The van der Waals surface area contributed by atoms with Gasteiger partial charge in [-0.15, -0.1) is 0 Å². The van der Waals surface area contributed by atoms with E-state index in [9.17, 15) is 9.18 Å². The number of carbonyl (C=O) groups is 1. The van der Waals surface area contributed by atoms with Gasteiger partial charge in [0.25, 0.3) is 5.91 Å². The van der Waals surface area contributed by atoms with Gasteiger partial charge in [-0.25, -0.2) is 14.4 Å². The van der Waals surface area contributed by atoms with Gasteiger partial charge in [-0.05, 0) is 32.0 Å². The number of benzene rings is 2. The summed E-state index contributed by atoms with van der Waals surface area (Å²) in [7, 11) is 0. The number of nitrogens with zero attached hydrogens (tertiary/aromatic N) is 4. The summed E-state index contributed by atoms with van der Waals surface area (Å²) in [5.41, 5.74) is 4.24. The quantitative estimate of drug-likeness (QED) is 0.643. The smallest absolute Gasteiger partial charge is 0.256 e. The van der Waals surface area contributed by atoms with Gasteiger partial charge in [0.1, 0.15) is 5.82 Å². The van der Waals surface area contributed by atoms with Crippen molar-refractivity contribution in [1.82, 2.24) is 20.2 Å². The topological polar surface area (TPSA) is 82.5 Å². The summed E-state index contributed by atoms with van der Waals surface area (Å²) in [4.78, 5) is 28.1.